The largest absolute Gasteiger partial charge is 0.457 e. The number of aliphatic hydroxyl groups is 4. The van der Waals surface area contributed by atoms with Gasteiger partial charge in [-0.25, -0.2) is 0 Å². The fraction of sp³-hybridized carbons (Fsp3) is 0.976. The van der Waals surface area contributed by atoms with Crippen molar-refractivity contribution in [1.29, 1.82) is 0 Å². The monoisotopic (exact) mass is 701 g/mol. The average Bonchev–Trinajstić information content (AvgIpc) is 3.27. The van der Waals surface area contributed by atoms with Gasteiger partial charge in [0.1, 0.15) is 36.6 Å². The van der Waals surface area contributed by atoms with Gasteiger partial charge in [-0.15, -0.1) is 0 Å². The first-order valence-corrected chi connectivity index (χ1v) is 20.9. The van der Waals surface area contributed by atoms with Crippen LogP contribution in [0.2, 0.25) is 0 Å². The Hall–Kier alpha value is -0.770. The number of rotatable bonds is 35. The van der Waals surface area contributed by atoms with Crippen molar-refractivity contribution in [3.8, 4) is 0 Å². The second-order valence-corrected chi connectivity index (χ2v) is 15.2. The summed E-state index contributed by atoms with van der Waals surface area (Å²) in [6.45, 7) is 7.38. The zero-order valence-electron chi connectivity index (χ0n) is 32.2. The Morgan fingerprint density at radius 1 is 0.531 bits per heavy atom. The number of hydrogen-bond acceptors (Lipinski definition) is 8. The summed E-state index contributed by atoms with van der Waals surface area (Å²) in [5.41, 5.74) is 0. The molecule has 0 aliphatic heterocycles. The van der Waals surface area contributed by atoms with Gasteiger partial charge < -0.3 is 34.6 Å². The lowest BCUT2D eigenvalue weighted by molar-refractivity contribution is -0.163. The van der Waals surface area contributed by atoms with Crippen LogP contribution in [-0.2, 0) is 19.0 Å². The molecule has 0 aromatic rings. The van der Waals surface area contributed by atoms with Crippen molar-refractivity contribution in [2.24, 2.45) is 5.92 Å². The number of hydrogen-bond donors (Lipinski definition) is 4. The number of carbonyl (C=O) groups excluding carboxylic acids is 1. The number of esters is 1. The van der Waals surface area contributed by atoms with E-state index in [1.54, 1.807) is 0 Å². The fourth-order valence-electron chi connectivity index (χ4n) is 6.86. The number of aliphatic hydroxyl groups excluding tert-OH is 4. The van der Waals surface area contributed by atoms with E-state index in [4.69, 9.17) is 14.2 Å². The third-order valence-corrected chi connectivity index (χ3v) is 10.3. The predicted octanol–water partition coefficient (Wildman–Crippen LogP) is 8.97. The Kier molecular flexibility index (Phi) is 30.1. The van der Waals surface area contributed by atoms with Crippen molar-refractivity contribution in [3.63, 3.8) is 0 Å². The fourth-order valence-corrected chi connectivity index (χ4v) is 6.86. The molecule has 1 aliphatic carbocycles. The first kappa shape index (κ1) is 46.3. The molecule has 49 heavy (non-hydrogen) atoms. The van der Waals surface area contributed by atoms with E-state index < -0.39 is 36.6 Å². The van der Waals surface area contributed by atoms with Gasteiger partial charge in [0.2, 0.25) is 0 Å². The van der Waals surface area contributed by atoms with Gasteiger partial charge in [-0.05, 0) is 18.8 Å². The highest BCUT2D eigenvalue weighted by Gasteiger charge is 2.49. The van der Waals surface area contributed by atoms with Crippen molar-refractivity contribution < 1.29 is 39.4 Å². The van der Waals surface area contributed by atoms with Crippen molar-refractivity contribution in [1.82, 2.24) is 0 Å². The Labute approximate surface area is 301 Å². The van der Waals surface area contributed by atoms with Crippen molar-refractivity contribution in [2.75, 3.05) is 19.8 Å². The normalized spacial score (nSPS) is 22.1. The molecule has 4 N–H and O–H groups in total. The molecule has 0 bridgehead atoms. The Morgan fingerprint density at radius 2 is 0.939 bits per heavy atom. The smallest absolute Gasteiger partial charge is 0.306 e. The van der Waals surface area contributed by atoms with Gasteiger partial charge in [0.15, 0.2) is 0 Å². The molecule has 0 spiro atoms. The standard InChI is InChI=1S/C41H80O8/c1-4-6-8-10-12-14-16-17-19-21-23-25-27-29-36(42)49-35(33-48-41-39(45)37(43)38(44)40(41)46)32-47-31-30-34(3)28-26-24-22-20-18-15-13-11-9-7-5-2/h34-35,37-41,43-46H,4-33H2,1-3H3. The lowest BCUT2D eigenvalue weighted by atomic mass is 9.99. The minimum Gasteiger partial charge on any atom is -0.457 e. The first-order valence-electron chi connectivity index (χ1n) is 20.9. The van der Waals surface area contributed by atoms with Gasteiger partial charge in [-0.2, -0.15) is 0 Å². The lowest BCUT2D eigenvalue weighted by Gasteiger charge is -2.24. The van der Waals surface area contributed by atoms with Crippen LogP contribution in [0.4, 0.5) is 0 Å². The number of carbonyl (C=O) groups is 1. The molecular formula is C41H80O8. The second kappa shape index (κ2) is 31.9. The maximum atomic E-state index is 12.7. The van der Waals surface area contributed by atoms with Crippen molar-refractivity contribution in [3.05, 3.63) is 0 Å². The van der Waals surface area contributed by atoms with Crippen LogP contribution >= 0.6 is 0 Å². The molecule has 0 aromatic carbocycles. The van der Waals surface area contributed by atoms with E-state index in [9.17, 15) is 25.2 Å². The molecule has 8 heteroatoms. The molecule has 6 atom stereocenters. The van der Waals surface area contributed by atoms with Gasteiger partial charge in [0.05, 0.1) is 13.2 Å². The highest BCUT2D eigenvalue weighted by Crippen LogP contribution is 2.25. The third-order valence-electron chi connectivity index (χ3n) is 10.3. The summed E-state index contributed by atoms with van der Waals surface area (Å²) in [5, 5.41) is 40.2. The molecule has 292 valence electrons. The van der Waals surface area contributed by atoms with Crippen LogP contribution in [-0.4, -0.2) is 82.8 Å². The van der Waals surface area contributed by atoms with E-state index >= 15 is 0 Å². The van der Waals surface area contributed by atoms with Crippen LogP contribution in [0.15, 0.2) is 0 Å². The molecule has 1 aliphatic rings. The maximum Gasteiger partial charge on any atom is 0.306 e. The van der Waals surface area contributed by atoms with Crippen LogP contribution in [0, 0.1) is 5.92 Å². The molecular weight excluding hydrogens is 620 g/mol. The minimum atomic E-state index is -1.49. The molecule has 0 amide bonds. The summed E-state index contributed by atoms with van der Waals surface area (Å²) < 4.78 is 17.3. The van der Waals surface area contributed by atoms with Gasteiger partial charge in [0.25, 0.3) is 0 Å². The van der Waals surface area contributed by atoms with Gasteiger partial charge >= 0.3 is 5.97 Å². The van der Waals surface area contributed by atoms with Crippen molar-refractivity contribution in [2.45, 2.75) is 231 Å². The van der Waals surface area contributed by atoms with E-state index in [1.807, 2.05) is 0 Å². The topological polar surface area (TPSA) is 126 Å². The van der Waals surface area contributed by atoms with E-state index in [-0.39, 0.29) is 19.2 Å². The summed E-state index contributed by atoms with van der Waals surface area (Å²) in [6.07, 6.45) is 25.7. The second-order valence-electron chi connectivity index (χ2n) is 15.2. The summed E-state index contributed by atoms with van der Waals surface area (Å²) in [6, 6.07) is 0. The Bertz CT molecular complexity index is 722. The maximum absolute atomic E-state index is 12.7. The van der Waals surface area contributed by atoms with E-state index in [1.165, 1.54) is 141 Å². The van der Waals surface area contributed by atoms with Crippen LogP contribution in [0.25, 0.3) is 0 Å². The molecule has 0 saturated heterocycles. The van der Waals surface area contributed by atoms with Gasteiger partial charge in [-0.1, -0.05) is 175 Å². The molecule has 6 unspecified atom stereocenters. The molecule has 1 fully saturated rings. The SMILES string of the molecule is CCCCCCCCCCCCCCCC(=O)OC(COCCC(C)CCCCCCCCCCCCC)COC1C(O)C(O)C(O)C1O. The summed E-state index contributed by atoms with van der Waals surface area (Å²) in [5.74, 6) is 0.246. The first-order chi connectivity index (χ1) is 23.8. The summed E-state index contributed by atoms with van der Waals surface area (Å²) >= 11 is 0. The third kappa shape index (κ3) is 24.2. The number of ether oxygens (including phenoxy) is 3. The van der Waals surface area contributed by atoms with E-state index in [0.717, 1.165) is 25.7 Å². The zero-order valence-corrected chi connectivity index (χ0v) is 32.2. The highest BCUT2D eigenvalue weighted by atomic mass is 16.6. The zero-order chi connectivity index (χ0) is 36.0. The van der Waals surface area contributed by atoms with Crippen molar-refractivity contribution >= 4 is 5.97 Å². The molecule has 1 rings (SSSR count). The number of unbranched alkanes of at least 4 members (excludes halogenated alkanes) is 22. The van der Waals surface area contributed by atoms with E-state index in [2.05, 4.69) is 20.8 Å². The van der Waals surface area contributed by atoms with Gasteiger partial charge in [-0.3, -0.25) is 4.79 Å². The summed E-state index contributed by atoms with van der Waals surface area (Å²) in [7, 11) is 0. The van der Waals surface area contributed by atoms with Crippen LogP contribution in [0.1, 0.15) is 194 Å². The molecule has 0 aromatic heterocycles. The highest BCUT2D eigenvalue weighted by molar-refractivity contribution is 5.69. The van der Waals surface area contributed by atoms with Gasteiger partial charge in [0, 0.05) is 13.0 Å². The molecule has 8 nitrogen and oxygen atoms in total. The van der Waals surface area contributed by atoms with Crippen LogP contribution in [0.5, 0.6) is 0 Å². The Balaban J connectivity index is 2.27. The quantitative estimate of drug-likeness (QED) is 0.0382. The minimum absolute atomic E-state index is 0.100. The molecule has 0 heterocycles. The van der Waals surface area contributed by atoms with E-state index in [0.29, 0.717) is 18.9 Å². The summed E-state index contributed by atoms with van der Waals surface area (Å²) in [4.78, 5) is 12.7. The Morgan fingerprint density at radius 3 is 1.39 bits per heavy atom. The molecule has 1 saturated carbocycles. The molecule has 0 radical (unpaired) electrons. The predicted molar refractivity (Wildman–Crippen MR) is 200 cm³/mol. The lowest BCUT2D eigenvalue weighted by Crippen LogP contribution is -2.39. The van der Waals surface area contributed by atoms with Crippen LogP contribution < -0.4 is 0 Å². The van der Waals surface area contributed by atoms with Crippen LogP contribution in [0.3, 0.4) is 0 Å². The average molecular weight is 701 g/mol.